The lowest BCUT2D eigenvalue weighted by molar-refractivity contribution is 0.416. The number of aliphatic imine (C=N–C) groups is 1. The van der Waals surface area contributed by atoms with Gasteiger partial charge in [-0.15, -0.1) is 0 Å². The molecule has 0 bridgehead atoms. The van der Waals surface area contributed by atoms with Gasteiger partial charge in [-0.1, -0.05) is 12.1 Å². The Morgan fingerprint density at radius 1 is 1.31 bits per heavy atom. The number of aryl methyl sites for hydroxylation is 1. The van der Waals surface area contributed by atoms with Gasteiger partial charge in [0, 0.05) is 13.2 Å². The third kappa shape index (κ3) is 2.28. The second-order valence-corrected chi connectivity index (χ2v) is 3.34. The van der Waals surface area contributed by atoms with Gasteiger partial charge >= 0.3 is 0 Å². The van der Waals surface area contributed by atoms with Gasteiger partial charge in [0.25, 0.3) is 0 Å². The zero-order chi connectivity index (χ0) is 11.4. The van der Waals surface area contributed by atoms with Gasteiger partial charge in [-0.3, -0.25) is 9.67 Å². The highest BCUT2D eigenvalue weighted by atomic mass is 16.5. The van der Waals surface area contributed by atoms with Crippen molar-refractivity contribution in [2.24, 2.45) is 12.0 Å². The monoisotopic (exact) mass is 215 g/mol. The number of nitrogens with zero attached hydrogens (tertiary/aromatic N) is 3. The topological polar surface area (TPSA) is 39.4 Å². The van der Waals surface area contributed by atoms with Gasteiger partial charge in [-0.25, -0.2) is 0 Å². The second kappa shape index (κ2) is 4.61. The Bertz CT molecular complexity index is 502. The minimum absolute atomic E-state index is 0.759. The summed E-state index contributed by atoms with van der Waals surface area (Å²) in [6, 6.07) is 9.52. The van der Waals surface area contributed by atoms with Crippen LogP contribution in [0.4, 0.5) is 5.69 Å². The van der Waals surface area contributed by atoms with Crippen LogP contribution in [0.2, 0.25) is 0 Å². The van der Waals surface area contributed by atoms with E-state index in [0.717, 1.165) is 17.1 Å². The van der Waals surface area contributed by atoms with Crippen LogP contribution in [-0.2, 0) is 7.05 Å². The van der Waals surface area contributed by atoms with E-state index in [0.29, 0.717) is 0 Å². The molecule has 2 aromatic rings. The van der Waals surface area contributed by atoms with E-state index in [2.05, 4.69) is 10.1 Å². The fourth-order valence-corrected chi connectivity index (χ4v) is 1.37. The molecule has 4 heteroatoms. The maximum atomic E-state index is 5.20. The standard InChI is InChI=1S/C12H13N3O/c1-15-8-7-10(14-15)9-13-11-5-3-4-6-12(11)16-2/h3-9H,1-2H3. The minimum atomic E-state index is 0.759. The van der Waals surface area contributed by atoms with Crippen LogP contribution in [0.1, 0.15) is 5.69 Å². The fraction of sp³-hybridized carbons (Fsp3) is 0.167. The highest BCUT2D eigenvalue weighted by Crippen LogP contribution is 2.25. The van der Waals surface area contributed by atoms with Crippen LogP contribution >= 0.6 is 0 Å². The molecule has 0 unspecified atom stereocenters. The molecule has 16 heavy (non-hydrogen) atoms. The largest absolute Gasteiger partial charge is 0.494 e. The number of hydrogen-bond donors (Lipinski definition) is 0. The summed E-state index contributed by atoms with van der Waals surface area (Å²) < 4.78 is 6.94. The SMILES string of the molecule is COc1ccccc1N=Cc1ccn(C)n1. The summed E-state index contributed by atoms with van der Waals surface area (Å²) >= 11 is 0. The summed E-state index contributed by atoms with van der Waals surface area (Å²) in [6.07, 6.45) is 3.60. The molecule has 0 saturated heterocycles. The summed E-state index contributed by atoms with van der Waals surface area (Å²) in [7, 11) is 3.51. The van der Waals surface area contributed by atoms with Crippen molar-refractivity contribution in [2.75, 3.05) is 7.11 Å². The molecular weight excluding hydrogens is 202 g/mol. The number of hydrogen-bond acceptors (Lipinski definition) is 3. The number of para-hydroxylation sites is 2. The number of rotatable bonds is 3. The Labute approximate surface area is 94.2 Å². The van der Waals surface area contributed by atoms with Gasteiger partial charge in [0.1, 0.15) is 17.1 Å². The molecule has 2 rings (SSSR count). The molecule has 1 heterocycles. The van der Waals surface area contributed by atoms with Gasteiger partial charge in [-0.2, -0.15) is 5.10 Å². The predicted molar refractivity (Wildman–Crippen MR) is 63.5 cm³/mol. The first-order valence-corrected chi connectivity index (χ1v) is 4.96. The summed E-state index contributed by atoms with van der Waals surface area (Å²) in [5, 5.41) is 4.21. The molecule has 1 aromatic carbocycles. The molecule has 0 aliphatic heterocycles. The van der Waals surface area contributed by atoms with Crippen LogP contribution in [0.3, 0.4) is 0 Å². The molecule has 82 valence electrons. The Morgan fingerprint density at radius 2 is 2.12 bits per heavy atom. The van der Waals surface area contributed by atoms with E-state index in [1.807, 2.05) is 43.6 Å². The quantitative estimate of drug-likeness (QED) is 0.736. The Balaban J connectivity index is 2.23. The number of aromatic nitrogens is 2. The van der Waals surface area contributed by atoms with Crippen molar-refractivity contribution < 1.29 is 4.74 Å². The van der Waals surface area contributed by atoms with Gasteiger partial charge in [-0.05, 0) is 18.2 Å². The Hall–Kier alpha value is -2.10. The first-order chi connectivity index (χ1) is 7.79. The normalized spacial score (nSPS) is 10.9. The molecule has 0 aliphatic carbocycles. The van der Waals surface area contributed by atoms with Crippen molar-refractivity contribution in [1.29, 1.82) is 0 Å². The average molecular weight is 215 g/mol. The number of methoxy groups -OCH3 is 1. The van der Waals surface area contributed by atoms with E-state index < -0.39 is 0 Å². The van der Waals surface area contributed by atoms with Gasteiger partial charge in [0.15, 0.2) is 0 Å². The van der Waals surface area contributed by atoms with Crippen molar-refractivity contribution in [3.8, 4) is 5.75 Å². The molecule has 0 saturated carbocycles. The number of benzene rings is 1. The maximum Gasteiger partial charge on any atom is 0.144 e. The molecule has 0 spiro atoms. The molecule has 0 radical (unpaired) electrons. The first-order valence-electron chi connectivity index (χ1n) is 4.96. The van der Waals surface area contributed by atoms with E-state index in [1.54, 1.807) is 18.0 Å². The molecule has 0 amide bonds. The predicted octanol–water partition coefficient (Wildman–Crippen LogP) is 2.18. The van der Waals surface area contributed by atoms with E-state index in [9.17, 15) is 0 Å². The van der Waals surface area contributed by atoms with Crippen molar-refractivity contribution in [2.45, 2.75) is 0 Å². The first kappa shape index (κ1) is 10.4. The second-order valence-electron chi connectivity index (χ2n) is 3.34. The third-order valence-electron chi connectivity index (χ3n) is 2.16. The lowest BCUT2D eigenvalue weighted by Gasteiger charge is -2.01. The van der Waals surface area contributed by atoms with Crippen LogP contribution in [-0.4, -0.2) is 23.1 Å². The van der Waals surface area contributed by atoms with Crippen LogP contribution in [0.15, 0.2) is 41.5 Å². The summed E-state index contributed by atoms with van der Waals surface area (Å²) in [4.78, 5) is 4.33. The lowest BCUT2D eigenvalue weighted by Crippen LogP contribution is -1.89. The van der Waals surface area contributed by atoms with Crippen LogP contribution in [0, 0.1) is 0 Å². The highest BCUT2D eigenvalue weighted by Gasteiger charge is 1.98. The zero-order valence-electron chi connectivity index (χ0n) is 9.29. The van der Waals surface area contributed by atoms with Gasteiger partial charge < -0.3 is 4.74 Å². The molecule has 0 aliphatic rings. The van der Waals surface area contributed by atoms with Crippen LogP contribution < -0.4 is 4.74 Å². The summed E-state index contributed by atoms with van der Waals surface area (Å²) in [5.41, 5.74) is 1.63. The van der Waals surface area contributed by atoms with Gasteiger partial charge in [0.05, 0.1) is 13.3 Å². The van der Waals surface area contributed by atoms with E-state index in [-0.39, 0.29) is 0 Å². The summed E-state index contributed by atoms with van der Waals surface area (Å²) in [6.45, 7) is 0. The van der Waals surface area contributed by atoms with Crippen LogP contribution in [0.5, 0.6) is 5.75 Å². The number of ether oxygens (including phenoxy) is 1. The van der Waals surface area contributed by atoms with Crippen LogP contribution in [0.25, 0.3) is 0 Å². The van der Waals surface area contributed by atoms with Crippen molar-refractivity contribution in [3.63, 3.8) is 0 Å². The fourth-order valence-electron chi connectivity index (χ4n) is 1.37. The zero-order valence-corrected chi connectivity index (χ0v) is 9.29. The van der Waals surface area contributed by atoms with Crippen molar-refractivity contribution >= 4 is 11.9 Å². The third-order valence-corrected chi connectivity index (χ3v) is 2.16. The average Bonchev–Trinajstić information content (AvgIpc) is 2.73. The molecular formula is C12H13N3O. The molecule has 1 aromatic heterocycles. The minimum Gasteiger partial charge on any atom is -0.494 e. The molecule has 0 N–H and O–H groups in total. The van der Waals surface area contributed by atoms with E-state index >= 15 is 0 Å². The molecule has 0 atom stereocenters. The van der Waals surface area contributed by atoms with Crippen molar-refractivity contribution in [3.05, 3.63) is 42.2 Å². The van der Waals surface area contributed by atoms with E-state index in [4.69, 9.17) is 4.74 Å². The summed E-state index contributed by atoms with van der Waals surface area (Å²) in [5.74, 6) is 0.759. The molecule has 4 nitrogen and oxygen atoms in total. The Kier molecular flexibility index (Phi) is 3.00. The van der Waals surface area contributed by atoms with Crippen molar-refractivity contribution in [1.82, 2.24) is 9.78 Å². The molecule has 0 fully saturated rings. The van der Waals surface area contributed by atoms with Gasteiger partial charge in [0.2, 0.25) is 0 Å². The highest BCUT2D eigenvalue weighted by molar-refractivity contribution is 5.80. The van der Waals surface area contributed by atoms with E-state index in [1.165, 1.54) is 0 Å². The lowest BCUT2D eigenvalue weighted by atomic mass is 10.3. The smallest absolute Gasteiger partial charge is 0.144 e. The Morgan fingerprint density at radius 3 is 2.81 bits per heavy atom. The maximum absolute atomic E-state index is 5.20.